The van der Waals surface area contributed by atoms with Crippen molar-refractivity contribution in [3.63, 3.8) is 0 Å². The number of aliphatic hydroxyl groups is 1. The Morgan fingerprint density at radius 1 is 1.46 bits per heavy atom. The molecule has 1 rings (SSSR count). The van der Waals surface area contributed by atoms with E-state index in [-0.39, 0.29) is 12.4 Å². The molecule has 0 saturated carbocycles. The predicted molar refractivity (Wildman–Crippen MR) is 49.4 cm³/mol. The summed E-state index contributed by atoms with van der Waals surface area (Å²) >= 11 is 0. The zero-order chi connectivity index (χ0) is 9.84. The van der Waals surface area contributed by atoms with Crippen molar-refractivity contribution in [3.05, 3.63) is 29.6 Å². The second-order valence-electron chi connectivity index (χ2n) is 2.90. The van der Waals surface area contributed by atoms with Crippen LogP contribution in [0.5, 0.6) is 0 Å². The fourth-order valence-electron chi connectivity index (χ4n) is 1.14. The van der Waals surface area contributed by atoms with Crippen LogP contribution in [-0.4, -0.2) is 11.7 Å². The van der Waals surface area contributed by atoms with Crippen molar-refractivity contribution in [1.82, 2.24) is 0 Å². The molecule has 1 atom stereocenters. The van der Waals surface area contributed by atoms with Crippen molar-refractivity contribution in [1.29, 1.82) is 0 Å². The minimum absolute atomic E-state index is 0.0601. The van der Waals surface area contributed by atoms with Gasteiger partial charge in [0.2, 0.25) is 0 Å². The smallest absolute Gasteiger partial charge is 0.128 e. The molecule has 0 radical (unpaired) electrons. The van der Waals surface area contributed by atoms with Crippen LogP contribution in [0, 0.1) is 5.82 Å². The number of hydrogen-bond acceptors (Lipinski definition) is 3. The summed E-state index contributed by atoms with van der Waals surface area (Å²) < 4.78 is 13.1. The first-order valence-corrected chi connectivity index (χ1v) is 4.06. The topological polar surface area (TPSA) is 72.3 Å². The largest absolute Gasteiger partial charge is 0.399 e. The minimum Gasteiger partial charge on any atom is -0.399 e. The van der Waals surface area contributed by atoms with E-state index in [0.717, 1.165) is 0 Å². The first kappa shape index (κ1) is 9.95. The maximum atomic E-state index is 13.1. The molecule has 0 unspecified atom stereocenters. The summed E-state index contributed by atoms with van der Waals surface area (Å²) in [5.74, 6) is -0.379. The first-order chi connectivity index (χ1) is 6.15. The van der Waals surface area contributed by atoms with Crippen LogP contribution >= 0.6 is 0 Å². The van der Waals surface area contributed by atoms with Crippen molar-refractivity contribution < 1.29 is 9.50 Å². The number of halogens is 1. The van der Waals surface area contributed by atoms with Crippen LogP contribution in [0.2, 0.25) is 0 Å². The predicted octanol–water partition coefficient (Wildman–Crippen LogP) is 0.790. The molecule has 0 aromatic heterocycles. The Hall–Kier alpha value is -1.13. The Bertz CT molecular complexity index is 291. The van der Waals surface area contributed by atoms with Gasteiger partial charge in [0.15, 0.2) is 0 Å². The molecule has 72 valence electrons. The third kappa shape index (κ3) is 2.40. The van der Waals surface area contributed by atoms with E-state index in [1.165, 1.54) is 18.2 Å². The summed E-state index contributed by atoms with van der Waals surface area (Å²) in [6.07, 6.45) is 0.334. The normalized spacial score (nSPS) is 12.8. The van der Waals surface area contributed by atoms with Gasteiger partial charge in [0.25, 0.3) is 0 Å². The number of anilines is 1. The molecule has 13 heavy (non-hydrogen) atoms. The second kappa shape index (κ2) is 4.20. The molecule has 0 aliphatic heterocycles. The van der Waals surface area contributed by atoms with Crippen molar-refractivity contribution in [2.24, 2.45) is 5.73 Å². The van der Waals surface area contributed by atoms with Crippen LogP contribution in [0.1, 0.15) is 18.0 Å². The molecule has 0 bridgehead atoms. The molecule has 4 heteroatoms. The lowest BCUT2D eigenvalue weighted by Gasteiger charge is -2.11. The third-order valence-electron chi connectivity index (χ3n) is 1.86. The van der Waals surface area contributed by atoms with Gasteiger partial charge < -0.3 is 16.6 Å². The molecule has 0 heterocycles. The Labute approximate surface area is 76.2 Å². The van der Waals surface area contributed by atoms with Gasteiger partial charge in [0, 0.05) is 23.9 Å². The molecule has 0 amide bonds. The number of nitrogen functional groups attached to an aromatic ring is 1. The summed E-state index contributed by atoms with van der Waals surface area (Å²) in [6.45, 7) is -0.0601. The van der Waals surface area contributed by atoms with Crippen LogP contribution < -0.4 is 11.5 Å². The van der Waals surface area contributed by atoms with Crippen LogP contribution in [0.4, 0.5) is 10.1 Å². The molecule has 0 aliphatic carbocycles. The number of hydrogen-bond donors (Lipinski definition) is 3. The van der Waals surface area contributed by atoms with E-state index in [0.29, 0.717) is 17.7 Å². The van der Waals surface area contributed by atoms with Crippen molar-refractivity contribution in [3.8, 4) is 0 Å². The molecule has 1 aromatic carbocycles. The summed E-state index contributed by atoms with van der Waals surface area (Å²) in [7, 11) is 0. The Balaban J connectivity index is 2.91. The summed E-state index contributed by atoms with van der Waals surface area (Å²) in [5.41, 5.74) is 11.9. The highest BCUT2D eigenvalue weighted by Gasteiger charge is 2.10. The van der Waals surface area contributed by atoms with Gasteiger partial charge in [0.1, 0.15) is 5.82 Å². The van der Waals surface area contributed by atoms with E-state index in [1.807, 2.05) is 0 Å². The van der Waals surface area contributed by atoms with E-state index in [2.05, 4.69) is 0 Å². The molecule has 3 nitrogen and oxygen atoms in total. The van der Waals surface area contributed by atoms with Gasteiger partial charge in [-0.05, 0) is 24.6 Å². The van der Waals surface area contributed by atoms with Crippen molar-refractivity contribution in [2.45, 2.75) is 12.5 Å². The first-order valence-electron chi connectivity index (χ1n) is 4.06. The van der Waals surface area contributed by atoms with Crippen LogP contribution in [-0.2, 0) is 0 Å². The lowest BCUT2D eigenvalue weighted by molar-refractivity contribution is 0.275. The fraction of sp³-hybridized carbons (Fsp3) is 0.333. The Morgan fingerprint density at radius 2 is 2.15 bits per heavy atom. The van der Waals surface area contributed by atoms with Crippen LogP contribution in [0.3, 0.4) is 0 Å². The van der Waals surface area contributed by atoms with E-state index in [4.69, 9.17) is 16.6 Å². The molecular formula is C9H13FN2O. The van der Waals surface area contributed by atoms with Gasteiger partial charge in [-0.2, -0.15) is 0 Å². The van der Waals surface area contributed by atoms with Crippen molar-refractivity contribution >= 4 is 5.69 Å². The third-order valence-corrected chi connectivity index (χ3v) is 1.86. The van der Waals surface area contributed by atoms with Gasteiger partial charge >= 0.3 is 0 Å². The maximum Gasteiger partial charge on any atom is 0.128 e. The molecular weight excluding hydrogens is 171 g/mol. The van der Waals surface area contributed by atoms with Gasteiger partial charge in [-0.1, -0.05) is 0 Å². The SMILES string of the molecule is Nc1ccc(F)c([C@@H](N)CCO)c1. The molecule has 1 aromatic rings. The van der Waals surface area contributed by atoms with E-state index >= 15 is 0 Å². The highest BCUT2D eigenvalue weighted by Crippen LogP contribution is 2.19. The molecule has 0 aliphatic rings. The highest BCUT2D eigenvalue weighted by molar-refractivity contribution is 5.42. The van der Waals surface area contributed by atoms with Crippen LogP contribution in [0.15, 0.2) is 18.2 Å². The molecule has 0 spiro atoms. The quantitative estimate of drug-likeness (QED) is 0.608. The zero-order valence-corrected chi connectivity index (χ0v) is 7.20. The number of nitrogens with two attached hydrogens (primary N) is 2. The molecule has 5 N–H and O–H groups in total. The molecule has 0 fully saturated rings. The van der Waals surface area contributed by atoms with Gasteiger partial charge in [-0.25, -0.2) is 4.39 Å². The monoisotopic (exact) mass is 184 g/mol. The van der Waals surface area contributed by atoms with Crippen molar-refractivity contribution in [2.75, 3.05) is 12.3 Å². The second-order valence-corrected chi connectivity index (χ2v) is 2.90. The standard InChI is InChI=1S/C9H13FN2O/c10-8-2-1-6(11)5-7(8)9(12)3-4-13/h1-2,5,9,13H,3-4,11-12H2/t9-/m0/s1. The average Bonchev–Trinajstić information content (AvgIpc) is 2.09. The number of aliphatic hydroxyl groups excluding tert-OH is 1. The van der Waals surface area contributed by atoms with E-state index in [1.54, 1.807) is 0 Å². The lowest BCUT2D eigenvalue weighted by atomic mass is 10.0. The highest BCUT2D eigenvalue weighted by atomic mass is 19.1. The fourth-order valence-corrected chi connectivity index (χ4v) is 1.14. The maximum absolute atomic E-state index is 13.1. The Morgan fingerprint density at radius 3 is 2.77 bits per heavy atom. The van der Waals surface area contributed by atoms with Crippen LogP contribution in [0.25, 0.3) is 0 Å². The minimum atomic E-state index is -0.492. The average molecular weight is 184 g/mol. The molecule has 0 saturated heterocycles. The van der Waals surface area contributed by atoms with Gasteiger partial charge in [-0.3, -0.25) is 0 Å². The lowest BCUT2D eigenvalue weighted by Crippen LogP contribution is -2.14. The summed E-state index contributed by atoms with van der Waals surface area (Å²) in [5, 5.41) is 8.62. The van der Waals surface area contributed by atoms with Gasteiger partial charge in [-0.15, -0.1) is 0 Å². The number of rotatable bonds is 3. The summed E-state index contributed by atoms with van der Waals surface area (Å²) in [6, 6.07) is 3.76. The zero-order valence-electron chi connectivity index (χ0n) is 7.20. The van der Waals surface area contributed by atoms with E-state index < -0.39 is 6.04 Å². The Kier molecular flexibility index (Phi) is 3.22. The number of benzene rings is 1. The van der Waals surface area contributed by atoms with Gasteiger partial charge in [0.05, 0.1) is 0 Å². The summed E-state index contributed by atoms with van der Waals surface area (Å²) in [4.78, 5) is 0. The van der Waals surface area contributed by atoms with E-state index in [9.17, 15) is 4.39 Å².